The molecule has 8 saturated carbocycles. The van der Waals surface area contributed by atoms with Crippen molar-refractivity contribution in [2.75, 3.05) is 0 Å². The fraction of sp³-hybridized carbons (Fsp3) is 1.00. The Kier molecular flexibility index (Phi) is 11.9. The number of fused-ring (bicyclic) bond motifs is 5. The Morgan fingerprint density at radius 1 is 0.264 bits per heavy atom. The minimum atomic E-state index is 0.486. The summed E-state index contributed by atoms with van der Waals surface area (Å²) in [5.74, 6) is 11.8. The lowest BCUT2D eigenvalue weighted by molar-refractivity contribution is -0.0888. The van der Waals surface area contributed by atoms with E-state index in [-0.39, 0.29) is 0 Å². The van der Waals surface area contributed by atoms with Gasteiger partial charge in [0.2, 0.25) is 0 Å². The van der Waals surface area contributed by atoms with Gasteiger partial charge in [-0.3, -0.25) is 16.0 Å². The smallest absolute Gasteiger partial charge is 0.0641 e. The van der Waals surface area contributed by atoms with Crippen molar-refractivity contribution >= 4 is 0 Å². The SMILES string of the molecule is C1CCC(C2CCCC(C3NC(C4CCCC(C5CCCCC5)C4)NC(C4CC5C6CC(C7CCCCC7)CCC6OC5C5CCCCC45)N3)C2)CC1. The van der Waals surface area contributed by atoms with Gasteiger partial charge in [-0.25, -0.2) is 0 Å². The summed E-state index contributed by atoms with van der Waals surface area (Å²) in [6.45, 7) is 0. The first-order valence-electron chi connectivity index (χ1n) is 25.2. The fourth-order valence-corrected chi connectivity index (χ4v) is 16.9. The van der Waals surface area contributed by atoms with E-state index in [0.29, 0.717) is 30.7 Å². The van der Waals surface area contributed by atoms with Crippen molar-refractivity contribution in [3.63, 3.8) is 0 Å². The molecule has 4 heteroatoms. The maximum atomic E-state index is 7.33. The second kappa shape index (κ2) is 17.0. The molecule has 0 radical (unpaired) electrons. The first-order chi connectivity index (χ1) is 26.2. The predicted octanol–water partition coefficient (Wildman–Crippen LogP) is 11.7. The minimum absolute atomic E-state index is 0.486. The van der Waals surface area contributed by atoms with Gasteiger partial charge in [0.1, 0.15) is 0 Å². The lowest BCUT2D eigenvalue weighted by atomic mass is 9.56. The van der Waals surface area contributed by atoms with E-state index in [1.54, 1.807) is 0 Å². The Bertz CT molecular complexity index is 1110. The van der Waals surface area contributed by atoms with E-state index in [1.807, 2.05) is 0 Å². The topological polar surface area (TPSA) is 45.3 Å². The van der Waals surface area contributed by atoms with Crippen LogP contribution in [-0.4, -0.2) is 30.7 Å². The first kappa shape index (κ1) is 37.1. The first-order valence-corrected chi connectivity index (χ1v) is 25.2. The maximum absolute atomic E-state index is 7.33. The Balaban J connectivity index is 0.904. The Morgan fingerprint density at radius 3 is 1.28 bits per heavy atom. The number of rotatable bonds is 6. The molecule has 10 rings (SSSR count). The molecule has 0 aromatic rings. The molecule has 0 spiro atoms. The largest absolute Gasteiger partial charge is 0.374 e. The van der Waals surface area contributed by atoms with Crippen LogP contribution in [0.3, 0.4) is 0 Å². The van der Waals surface area contributed by atoms with Gasteiger partial charge in [0, 0.05) is 0 Å². The highest BCUT2D eigenvalue weighted by molar-refractivity contribution is 5.07. The Morgan fingerprint density at radius 2 is 0.717 bits per heavy atom. The predicted molar refractivity (Wildman–Crippen MR) is 218 cm³/mol. The van der Waals surface area contributed by atoms with E-state index in [2.05, 4.69) is 16.0 Å². The number of ether oxygens (including phenoxy) is 1. The average Bonchev–Trinajstić information content (AvgIpc) is 3.62. The molecule has 2 aliphatic heterocycles. The van der Waals surface area contributed by atoms with Gasteiger partial charge in [-0.15, -0.1) is 0 Å². The summed E-state index contributed by atoms with van der Waals surface area (Å²) >= 11 is 0. The molecule has 53 heavy (non-hydrogen) atoms. The molecule has 10 aliphatic rings. The normalized spacial score (nSPS) is 49.5. The van der Waals surface area contributed by atoms with E-state index in [4.69, 9.17) is 4.74 Å². The minimum Gasteiger partial charge on any atom is -0.374 e. The fourth-order valence-electron chi connectivity index (χ4n) is 16.9. The third-order valence-electron chi connectivity index (χ3n) is 19.5. The van der Waals surface area contributed by atoms with Crippen LogP contribution >= 0.6 is 0 Å². The van der Waals surface area contributed by atoms with Crippen LogP contribution < -0.4 is 16.0 Å². The summed E-state index contributed by atoms with van der Waals surface area (Å²) in [7, 11) is 0. The molecule has 300 valence electrons. The van der Waals surface area contributed by atoms with Gasteiger partial charge >= 0.3 is 0 Å². The van der Waals surface area contributed by atoms with Gasteiger partial charge in [-0.05, 0) is 141 Å². The van der Waals surface area contributed by atoms with Crippen molar-refractivity contribution in [3.8, 4) is 0 Å². The van der Waals surface area contributed by atoms with E-state index in [9.17, 15) is 0 Å². The molecule has 4 nitrogen and oxygen atoms in total. The van der Waals surface area contributed by atoms with Gasteiger partial charge in [-0.1, -0.05) is 135 Å². The van der Waals surface area contributed by atoms with Crippen LogP contribution in [0.1, 0.15) is 199 Å². The Labute approximate surface area is 326 Å². The molecule has 14 atom stereocenters. The lowest BCUT2D eigenvalue weighted by Crippen LogP contribution is -2.74. The van der Waals surface area contributed by atoms with Crippen molar-refractivity contribution < 1.29 is 4.74 Å². The number of hydrogen-bond acceptors (Lipinski definition) is 4. The van der Waals surface area contributed by atoms with Gasteiger partial charge in [0.25, 0.3) is 0 Å². The van der Waals surface area contributed by atoms with E-state index in [1.165, 1.54) is 199 Å². The molecule has 0 aromatic carbocycles. The summed E-state index contributed by atoms with van der Waals surface area (Å²) in [5, 5.41) is 13.6. The molecule has 0 amide bonds. The zero-order chi connectivity index (χ0) is 35.1. The monoisotopic (exact) mass is 730 g/mol. The van der Waals surface area contributed by atoms with Gasteiger partial charge < -0.3 is 4.74 Å². The lowest BCUT2D eigenvalue weighted by Gasteiger charge is -2.55. The molecule has 3 N–H and O–H groups in total. The second-order valence-corrected chi connectivity index (χ2v) is 22.1. The molecule has 2 heterocycles. The van der Waals surface area contributed by atoms with Crippen LogP contribution in [0.4, 0.5) is 0 Å². The van der Waals surface area contributed by atoms with Crippen molar-refractivity contribution in [1.82, 2.24) is 16.0 Å². The summed E-state index contributed by atoms with van der Waals surface area (Å²) < 4.78 is 7.33. The number of hydrogen-bond donors (Lipinski definition) is 3. The molecular weight excluding hydrogens is 647 g/mol. The number of nitrogens with one attached hydrogen (secondary N) is 3. The van der Waals surface area contributed by atoms with E-state index >= 15 is 0 Å². The summed E-state index contributed by atoms with van der Waals surface area (Å²) in [6, 6.07) is 0. The Hall–Kier alpha value is -0.160. The molecular formula is C49H83N3O. The van der Waals surface area contributed by atoms with Crippen molar-refractivity contribution in [2.45, 2.75) is 230 Å². The second-order valence-electron chi connectivity index (χ2n) is 22.1. The van der Waals surface area contributed by atoms with Crippen LogP contribution in [0.5, 0.6) is 0 Å². The van der Waals surface area contributed by atoms with Crippen LogP contribution in [0.2, 0.25) is 0 Å². The highest BCUT2D eigenvalue weighted by atomic mass is 16.5. The molecule has 2 saturated heterocycles. The van der Waals surface area contributed by atoms with Gasteiger partial charge in [0.05, 0.1) is 30.7 Å². The average molecular weight is 730 g/mol. The summed E-state index contributed by atoms with van der Waals surface area (Å²) in [6.07, 6.45) is 48.8. The van der Waals surface area contributed by atoms with E-state index in [0.717, 1.165) is 76.9 Å². The van der Waals surface area contributed by atoms with Gasteiger partial charge in [-0.2, -0.15) is 0 Å². The third-order valence-corrected chi connectivity index (χ3v) is 19.5. The quantitative estimate of drug-likeness (QED) is 0.255. The molecule has 10 fully saturated rings. The highest BCUT2D eigenvalue weighted by Gasteiger charge is 2.58. The highest BCUT2D eigenvalue weighted by Crippen LogP contribution is 2.58. The van der Waals surface area contributed by atoms with Crippen LogP contribution in [0.25, 0.3) is 0 Å². The van der Waals surface area contributed by atoms with Gasteiger partial charge in [0.15, 0.2) is 0 Å². The van der Waals surface area contributed by atoms with Crippen LogP contribution in [0.15, 0.2) is 0 Å². The zero-order valence-corrected chi connectivity index (χ0v) is 34.2. The summed E-state index contributed by atoms with van der Waals surface area (Å²) in [5.41, 5.74) is 0. The van der Waals surface area contributed by atoms with Crippen LogP contribution in [0, 0.1) is 76.9 Å². The molecule has 0 aromatic heterocycles. The maximum Gasteiger partial charge on any atom is 0.0641 e. The molecule has 8 aliphatic carbocycles. The molecule has 14 unspecified atom stereocenters. The van der Waals surface area contributed by atoms with E-state index < -0.39 is 0 Å². The third kappa shape index (κ3) is 7.88. The van der Waals surface area contributed by atoms with Crippen molar-refractivity contribution in [1.29, 1.82) is 0 Å². The van der Waals surface area contributed by atoms with Crippen molar-refractivity contribution in [3.05, 3.63) is 0 Å². The molecule has 0 bridgehead atoms. The standard InChI is InChI=1S/C49H83N3O/c1-4-14-32(15-5-1)35-20-12-22-38(28-35)47-50-48(39-23-13-21-36(29-39)33-16-6-2-7-17-33)52-49(51-47)44-31-43-42-30-37(34-18-8-3-9-19-34)26-27-45(42)53-46(43)41-25-11-10-24-40(41)44/h32-52H,1-31H2. The summed E-state index contributed by atoms with van der Waals surface area (Å²) in [4.78, 5) is 0. The van der Waals surface area contributed by atoms with Crippen LogP contribution in [-0.2, 0) is 4.74 Å². The zero-order valence-electron chi connectivity index (χ0n) is 34.2. The van der Waals surface area contributed by atoms with Crippen molar-refractivity contribution in [2.24, 2.45) is 76.9 Å².